The molecule has 0 unspecified atom stereocenters. The van der Waals surface area contributed by atoms with E-state index in [9.17, 15) is 4.39 Å². The van der Waals surface area contributed by atoms with Gasteiger partial charge in [-0.3, -0.25) is 0 Å². The molecule has 0 radical (unpaired) electrons. The van der Waals surface area contributed by atoms with Gasteiger partial charge in [-0.2, -0.15) is 0 Å². The van der Waals surface area contributed by atoms with E-state index in [0.717, 1.165) is 22.3 Å². The molecule has 2 aromatic carbocycles. The maximum absolute atomic E-state index is 13.7. The van der Waals surface area contributed by atoms with Crippen LogP contribution >= 0.6 is 0 Å². The molecule has 90 valence electrons. The number of aryl methyl sites for hydroxylation is 2. The van der Waals surface area contributed by atoms with E-state index in [-0.39, 0.29) is 5.82 Å². The van der Waals surface area contributed by atoms with Gasteiger partial charge in [0.05, 0.1) is 0 Å². The van der Waals surface area contributed by atoms with Crippen LogP contribution in [0.15, 0.2) is 36.4 Å². The average molecular weight is 239 g/mol. The molecule has 18 heavy (non-hydrogen) atoms. The third-order valence-electron chi connectivity index (χ3n) is 3.32. The standard InChI is InChI=1S/C16H14FN/c1-9-3-5-11(6-4-9)16(18)15-12-7-10(2)8-13(17)14(12)15/h3-8H,18H2,1-2H3/b16-15-. The van der Waals surface area contributed by atoms with Gasteiger partial charge in [0, 0.05) is 16.8 Å². The van der Waals surface area contributed by atoms with Crippen LogP contribution in [0.1, 0.15) is 27.8 Å². The van der Waals surface area contributed by atoms with Crippen molar-refractivity contribution in [3.8, 4) is 0 Å². The van der Waals surface area contributed by atoms with E-state index in [1.54, 1.807) is 6.07 Å². The zero-order valence-electron chi connectivity index (χ0n) is 10.4. The Hall–Kier alpha value is -2.09. The van der Waals surface area contributed by atoms with Gasteiger partial charge in [0.2, 0.25) is 0 Å². The summed E-state index contributed by atoms with van der Waals surface area (Å²) in [6, 6.07) is 11.5. The van der Waals surface area contributed by atoms with Crippen molar-refractivity contribution in [3.05, 3.63) is 70.0 Å². The van der Waals surface area contributed by atoms with E-state index >= 15 is 0 Å². The molecule has 2 aromatic rings. The Labute approximate surface area is 106 Å². The Kier molecular flexibility index (Phi) is 2.27. The largest absolute Gasteiger partial charge is 0.398 e. The van der Waals surface area contributed by atoms with E-state index in [4.69, 9.17) is 5.73 Å². The first kappa shape index (κ1) is 11.0. The van der Waals surface area contributed by atoms with Crippen LogP contribution in [0.4, 0.5) is 4.39 Å². The molecule has 1 aliphatic rings. The van der Waals surface area contributed by atoms with Crippen molar-refractivity contribution in [2.75, 3.05) is 0 Å². The van der Waals surface area contributed by atoms with Crippen molar-refractivity contribution in [3.63, 3.8) is 0 Å². The van der Waals surface area contributed by atoms with Gasteiger partial charge in [-0.1, -0.05) is 35.9 Å². The first-order chi connectivity index (χ1) is 8.58. The fraction of sp³-hybridized carbons (Fsp3) is 0.125. The number of rotatable bonds is 1. The second-order valence-corrected chi connectivity index (χ2v) is 4.82. The Balaban J connectivity index is 2.09. The maximum Gasteiger partial charge on any atom is 0.132 e. The SMILES string of the molecule is Cc1ccc(/C(N)=C2\c3cc(C)cc(F)c32)cc1. The molecule has 1 nitrogen and oxygen atoms in total. The minimum absolute atomic E-state index is 0.171. The van der Waals surface area contributed by atoms with Gasteiger partial charge in [0.25, 0.3) is 0 Å². The third kappa shape index (κ3) is 1.61. The summed E-state index contributed by atoms with van der Waals surface area (Å²) in [5, 5.41) is 0. The van der Waals surface area contributed by atoms with E-state index in [2.05, 4.69) is 0 Å². The van der Waals surface area contributed by atoms with Crippen LogP contribution in [-0.4, -0.2) is 0 Å². The second-order valence-electron chi connectivity index (χ2n) is 4.82. The quantitative estimate of drug-likeness (QED) is 0.689. The molecule has 0 aromatic heterocycles. The molecule has 0 saturated heterocycles. The number of benzene rings is 2. The zero-order chi connectivity index (χ0) is 12.9. The van der Waals surface area contributed by atoms with Crippen molar-refractivity contribution < 1.29 is 4.39 Å². The molecule has 2 heteroatoms. The van der Waals surface area contributed by atoms with Crippen LogP contribution in [0.25, 0.3) is 11.3 Å². The summed E-state index contributed by atoms with van der Waals surface area (Å²) in [5.41, 5.74) is 12.4. The number of nitrogens with two attached hydrogens (primary N) is 1. The van der Waals surface area contributed by atoms with E-state index in [0.29, 0.717) is 11.3 Å². The monoisotopic (exact) mass is 239 g/mol. The topological polar surface area (TPSA) is 26.0 Å². The highest BCUT2D eigenvalue weighted by atomic mass is 19.1. The predicted octanol–water partition coefficient (Wildman–Crippen LogP) is 3.63. The van der Waals surface area contributed by atoms with E-state index in [1.807, 2.05) is 44.2 Å². The lowest BCUT2D eigenvalue weighted by Gasteiger charge is -2.01. The second kappa shape index (κ2) is 3.70. The van der Waals surface area contributed by atoms with Gasteiger partial charge in [0.15, 0.2) is 0 Å². The Bertz CT molecular complexity index is 666. The normalized spacial score (nSPS) is 15.3. The third-order valence-corrected chi connectivity index (χ3v) is 3.32. The van der Waals surface area contributed by atoms with Crippen LogP contribution in [0.2, 0.25) is 0 Å². The summed E-state index contributed by atoms with van der Waals surface area (Å²) in [6.07, 6.45) is 0. The smallest absolute Gasteiger partial charge is 0.132 e. The van der Waals surface area contributed by atoms with Gasteiger partial charge in [-0.15, -0.1) is 0 Å². The zero-order valence-corrected chi connectivity index (χ0v) is 10.4. The van der Waals surface area contributed by atoms with Crippen molar-refractivity contribution in [2.45, 2.75) is 13.8 Å². The molecule has 0 fully saturated rings. The van der Waals surface area contributed by atoms with Gasteiger partial charge in [-0.25, -0.2) is 4.39 Å². The molecular formula is C16H14FN. The molecule has 0 saturated carbocycles. The molecule has 2 N–H and O–H groups in total. The maximum atomic E-state index is 13.7. The van der Waals surface area contributed by atoms with Crippen molar-refractivity contribution >= 4 is 11.3 Å². The molecule has 0 aliphatic heterocycles. The summed E-state index contributed by atoms with van der Waals surface area (Å²) >= 11 is 0. The Morgan fingerprint density at radius 2 is 1.67 bits per heavy atom. The molecule has 0 atom stereocenters. The Morgan fingerprint density at radius 1 is 1.00 bits per heavy atom. The van der Waals surface area contributed by atoms with Crippen LogP contribution in [0, 0.1) is 19.7 Å². The van der Waals surface area contributed by atoms with Gasteiger partial charge in [0.1, 0.15) is 5.82 Å². The highest BCUT2D eigenvalue weighted by Gasteiger charge is 2.32. The van der Waals surface area contributed by atoms with Crippen LogP contribution < -0.4 is 5.73 Å². The van der Waals surface area contributed by atoms with Crippen molar-refractivity contribution in [1.29, 1.82) is 0 Å². The summed E-state index contributed by atoms with van der Waals surface area (Å²) in [6.45, 7) is 3.92. The minimum atomic E-state index is -0.171. The fourth-order valence-corrected chi connectivity index (χ4v) is 2.29. The number of hydrogen-bond donors (Lipinski definition) is 1. The molecule has 0 bridgehead atoms. The molecule has 3 rings (SSSR count). The molecule has 1 aliphatic carbocycles. The molecular weight excluding hydrogens is 225 g/mol. The first-order valence-corrected chi connectivity index (χ1v) is 5.95. The summed E-state index contributed by atoms with van der Waals surface area (Å²) < 4.78 is 13.7. The highest BCUT2D eigenvalue weighted by molar-refractivity contribution is 6.12. The van der Waals surface area contributed by atoms with Gasteiger partial charge in [-0.05, 0) is 36.6 Å². The lowest BCUT2D eigenvalue weighted by atomic mass is 10.1. The summed E-state index contributed by atoms with van der Waals surface area (Å²) in [7, 11) is 0. The molecule has 0 amide bonds. The average Bonchev–Trinajstić information content (AvgIpc) is 3.03. The van der Waals surface area contributed by atoms with Crippen LogP contribution in [0.5, 0.6) is 0 Å². The lowest BCUT2D eigenvalue weighted by Crippen LogP contribution is -1.95. The van der Waals surface area contributed by atoms with Gasteiger partial charge < -0.3 is 5.73 Å². The Morgan fingerprint density at radius 3 is 2.33 bits per heavy atom. The van der Waals surface area contributed by atoms with Crippen molar-refractivity contribution in [2.24, 2.45) is 5.73 Å². The first-order valence-electron chi connectivity index (χ1n) is 5.95. The molecule has 0 spiro atoms. The number of fused-ring (bicyclic) bond motifs is 1. The number of hydrogen-bond acceptors (Lipinski definition) is 1. The summed E-state index contributed by atoms with van der Waals surface area (Å²) in [4.78, 5) is 0. The predicted molar refractivity (Wildman–Crippen MR) is 72.4 cm³/mol. The fourth-order valence-electron chi connectivity index (χ4n) is 2.29. The van der Waals surface area contributed by atoms with Crippen LogP contribution in [0.3, 0.4) is 0 Å². The molecule has 0 heterocycles. The summed E-state index contributed by atoms with van der Waals surface area (Å²) in [5.74, 6) is -0.171. The van der Waals surface area contributed by atoms with E-state index in [1.165, 1.54) is 5.56 Å². The number of halogens is 1. The lowest BCUT2D eigenvalue weighted by molar-refractivity contribution is 0.627. The van der Waals surface area contributed by atoms with E-state index < -0.39 is 0 Å². The minimum Gasteiger partial charge on any atom is -0.398 e. The highest BCUT2D eigenvalue weighted by Crippen LogP contribution is 2.47. The van der Waals surface area contributed by atoms with Gasteiger partial charge >= 0.3 is 0 Å². The van der Waals surface area contributed by atoms with Crippen LogP contribution in [-0.2, 0) is 0 Å². The van der Waals surface area contributed by atoms with Crippen molar-refractivity contribution in [1.82, 2.24) is 0 Å².